The zero-order valence-electron chi connectivity index (χ0n) is 11.4. The van der Waals surface area contributed by atoms with Crippen molar-refractivity contribution in [3.8, 4) is 6.07 Å². The molecular formula is C15H12ClN5O. The number of halogens is 1. The highest BCUT2D eigenvalue weighted by atomic mass is 35.5. The van der Waals surface area contributed by atoms with E-state index in [2.05, 4.69) is 5.32 Å². The molecular weight excluding hydrogens is 302 g/mol. The molecule has 0 saturated carbocycles. The van der Waals surface area contributed by atoms with Crippen molar-refractivity contribution in [3.63, 3.8) is 0 Å². The molecule has 2 amide bonds. The SMILES string of the molecule is N#Cc1ccc(N(C(=N)Nc2ccc(Cl)cc2)C(N)=O)cc1. The van der Waals surface area contributed by atoms with Crippen LogP contribution in [0.4, 0.5) is 16.2 Å². The third kappa shape index (κ3) is 3.53. The van der Waals surface area contributed by atoms with E-state index in [1.165, 1.54) is 0 Å². The van der Waals surface area contributed by atoms with E-state index in [4.69, 9.17) is 28.0 Å². The van der Waals surface area contributed by atoms with Crippen LogP contribution in [0.1, 0.15) is 5.56 Å². The number of hydrogen-bond acceptors (Lipinski definition) is 3. The molecule has 0 bridgehead atoms. The Balaban J connectivity index is 2.23. The van der Waals surface area contributed by atoms with Crippen molar-refractivity contribution in [1.82, 2.24) is 0 Å². The molecule has 4 N–H and O–H groups in total. The van der Waals surface area contributed by atoms with Gasteiger partial charge in [-0.3, -0.25) is 5.41 Å². The van der Waals surface area contributed by atoms with Crippen molar-refractivity contribution in [1.29, 1.82) is 10.7 Å². The lowest BCUT2D eigenvalue weighted by atomic mass is 10.2. The van der Waals surface area contributed by atoms with Crippen LogP contribution in [0, 0.1) is 16.7 Å². The number of nitrogens with one attached hydrogen (secondary N) is 2. The lowest BCUT2D eigenvalue weighted by molar-refractivity contribution is 0.256. The molecule has 2 rings (SSSR count). The number of anilines is 2. The van der Waals surface area contributed by atoms with E-state index in [9.17, 15) is 4.79 Å². The molecule has 0 heterocycles. The number of guanidine groups is 1. The molecule has 0 atom stereocenters. The van der Waals surface area contributed by atoms with Crippen molar-refractivity contribution < 1.29 is 4.79 Å². The van der Waals surface area contributed by atoms with Gasteiger partial charge in [-0.2, -0.15) is 5.26 Å². The van der Waals surface area contributed by atoms with Gasteiger partial charge in [-0.1, -0.05) is 11.6 Å². The van der Waals surface area contributed by atoms with Crippen LogP contribution in [0.2, 0.25) is 5.02 Å². The first-order valence-electron chi connectivity index (χ1n) is 6.22. The Labute approximate surface area is 132 Å². The van der Waals surface area contributed by atoms with E-state index in [-0.39, 0.29) is 5.96 Å². The summed E-state index contributed by atoms with van der Waals surface area (Å²) >= 11 is 5.79. The molecule has 0 aliphatic heterocycles. The minimum Gasteiger partial charge on any atom is -0.351 e. The van der Waals surface area contributed by atoms with Gasteiger partial charge in [0.2, 0.25) is 5.96 Å². The van der Waals surface area contributed by atoms with Crippen LogP contribution in [0.5, 0.6) is 0 Å². The second kappa shape index (κ2) is 6.61. The molecule has 0 saturated heterocycles. The standard InChI is InChI=1S/C15H12ClN5O/c16-11-3-5-12(6-4-11)20-14(18)21(15(19)22)13-7-1-10(9-17)2-8-13/h1-8H,(H2,18,20)(H2,19,22). The smallest absolute Gasteiger partial charge is 0.326 e. The quantitative estimate of drug-likeness (QED) is 0.585. The fraction of sp³-hybridized carbons (Fsp3) is 0. The second-order valence-corrected chi connectivity index (χ2v) is 4.75. The maximum absolute atomic E-state index is 11.6. The zero-order chi connectivity index (χ0) is 16.1. The van der Waals surface area contributed by atoms with Gasteiger partial charge in [-0.05, 0) is 48.5 Å². The maximum Gasteiger partial charge on any atom is 0.326 e. The fourth-order valence-corrected chi connectivity index (χ4v) is 1.90. The van der Waals surface area contributed by atoms with Crippen molar-refractivity contribution in [2.24, 2.45) is 5.73 Å². The Bertz CT molecular complexity index is 734. The molecule has 110 valence electrons. The number of carbonyl (C=O) groups is 1. The number of urea groups is 1. The first-order valence-corrected chi connectivity index (χ1v) is 6.60. The number of nitrogens with two attached hydrogens (primary N) is 1. The molecule has 7 heteroatoms. The molecule has 2 aromatic rings. The van der Waals surface area contributed by atoms with E-state index in [1.807, 2.05) is 6.07 Å². The van der Waals surface area contributed by atoms with Gasteiger partial charge >= 0.3 is 6.03 Å². The van der Waals surface area contributed by atoms with E-state index >= 15 is 0 Å². The van der Waals surface area contributed by atoms with Gasteiger partial charge < -0.3 is 11.1 Å². The summed E-state index contributed by atoms with van der Waals surface area (Å²) < 4.78 is 0. The van der Waals surface area contributed by atoms with Crippen LogP contribution in [0.3, 0.4) is 0 Å². The Kier molecular flexibility index (Phi) is 4.61. The average molecular weight is 314 g/mol. The number of carbonyl (C=O) groups excluding carboxylic acids is 1. The second-order valence-electron chi connectivity index (χ2n) is 4.31. The highest BCUT2D eigenvalue weighted by Crippen LogP contribution is 2.18. The summed E-state index contributed by atoms with van der Waals surface area (Å²) in [5, 5.41) is 20.1. The third-order valence-electron chi connectivity index (χ3n) is 2.81. The first-order chi connectivity index (χ1) is 10.5. The molecule has 6 nitrogen and oxygen atoms in total. The van der Waals surface area contributed by atoms with Crippen molar-refractivity contribution in [2.75, 3.05) is 10.2 Å². The summed E-state index contributed by atoms with van der Waals surface area (Å²) in [6.45, 7) is 0. The van der Waals surface area contributed by atoms with E-state index in [1.54, 1.807) is 48.5 Å². The number of amides is 2. The molecule has 0 aliphatic rings. The number of nitriles is 1. The first kappa shape index (κ1) is 15.4. The highest BCUT2D eigenvalue weighted by molar-refractivity contribution is 6.30. The normalized spacial score (nSPS) is 9.64. The average Bonchev–Trinajstić information content (AvgIpc) is 2.50. The molecule has 22 heavy (non-hydrogen) atoms. The highest BCUT2D eigenvalue weighted by Gasteiger charge is 2.18. The number of rotatable bonds is 2. The molecule has 0 aromatic heterocycles. The lowest BCUT2D eigenvalue weighted by Gasteiger charge is -2.22. The van der Waals surface area contributed by atoms with Gasteiger partial charge in [-0.15, -0.1) is 0 Å². The predicted octanol–water partition coefficient (Wildman–Crippen LogP) is 3.14. The van der Waals surface area contributed by atoms with E-state index in [0.29, 0.717) is 22.0 Å². The third-order valence-corrected chi connectivity index (χ3v) is 3.06. The van der Waals surface area contributed by atoms with Gasteiger partial charge in [0.05, 0.1) is 17.3 Å². The van der Waals surface area contributed by atoms with E-state index in [0.717, 1.165) is 4.90 Å². The van der Waals surface area contributed by atoms with Gasteiger partial charge in [0.25, 0.3) is 0 Å². The van der Waals surface area contributed by atoms with Gasteiger partial charge in [0, 0.05) is 10.7 Å². The van der Waals surface area contributed by atoms with Gasteiger partial charge in [-0.25, -0.2) is 9.69 Å². The zero-order valence-corrected chi connectivity index (χ0v) is 12.1. The Morgan fingerprint density at radius 1 is 1.18 bits per heavy atom. The van der Waals surface area contributed by atoms with Crippen molar-refractivity contribution in [2.45, 2.75) is 0 Å². The number of hydrogen-bond donors (Lipinski definition) is 3. The van der Waals surface area contributed by atoms with Crippen molar-refractivity contribution in [3.05, 3.63) is 59.1 Å². The number of nitrogens with zero attached hydrogens (tertiary/aromatic N) is 2. The summed E-state index contributed by atoms with van der Waals surface area (Å²) in [6.07, 6.45) is 0. The summed E-state index contributed by atoms with van der Waals surface area (Å²) in [7, 11) is 0. The Morgan fingerprint density at radius 2 is 1.77 bits per heavy atom. The fourth-order valence-electron chi connectivity index (χ4n) is 1.78. The van der Waals surface area contributed by atoms with E-state index < -0.39 is 6.03 Å². The Hall–Kier alpha value is -3.04. The predicted molar refractivity (Wildman–Crippen MR) is 86.0 cm³/mol. The summed E-state index contributed by atoms with van der Waals surface area (Å²) in [5.74, 6) is -0.209. The molecule has 0 fully saturated rings. The number of benzene rings is 2. The van der Waals surface area contributed by atoms with Crippen LogP contribution in [-0.4, -0.2) is 12.0 Å². The van der Waals surface area contributed by atoms with Gasteiger partial charge in [0.1, 0.15) is 0 Å². The van der Waals surface area contributed by atoms with Crippen LogP contribution in [0.15, 0.2) is 48.5 Å². The van der Waals surface area contributed by atoms with Crippen LogP contribution in [0.25, 0.3) is 0 Å². The minimum atomic E-state index is -0.809. The minimum absolute atomic E-state index is 0.209. The van der Waals surface area contributed by atoms with Crippen molar-refractivity contribution >= 4 is 35.0 Å². The Morgan fingerprint density at radius 3 is 2.27 bits per heavy atom. The summed E-state index contributed by atoms with van der Waals surface area (Å²) in [5.41, 5.74) is 6.77. The van der Waals surface area contributed by atoms with Crippen LogP contribution >= 0.6 is 11.6 Å². The topological polar surface area (TPSA) is 106 Å². The molecule has 0 aliphatic carbocycles. The summed E-state index contributed by atoms with van der Waals surface area (Å²) in [4.78, 5) is 12.6. The van der Waals surface area contributed by atoms with Gasteiger partial charge in [0.15, 0.2) is 0 Å². The monoisotopic (exact) mass is 313 g/mol. The summed E-state index contributed by atoms with van der Waals surface area (Å²) in [6, 6.07) is 14.0. The molecule has 0 unspecified atom stereocenters. The molecule has 0 spiro atoms. The number of primary amides is 1. The van der Waals surface area contributed by atoms with Crippen LogP contribution in [-0.2, 0) is 0 Å². The molecule has 0 radical (unpaired) electrons. The largest absolute Gasteiger partial charge is 0.351 e. The maximum atomic E-state index is 11.6. The lowest BCUT2D eigenvalue weighted by Crippen LogP contribution is -2.44. The van der Waals surface area contributed by atoms with Crippen LogP contribution < -0.4 is 16.0 Å². The molecule has 2 aromatic carbocycles.